The Morgan fingerprint density at radius 1 is 1.00 bits per heavy atom. The predicted molar refractivity (Wildman–Crippen MR) is 105 cm³/mol. The van der Waals surface area contributed by atoms with E-state index in [0.717, 1.165) is 12.0 Å². The fraction of sp³-hybridized carbons (Fsp3) is 0.619. The molecule has 0 saturated carbocycles. The minimum Gasteiger partial charge on any atom is -0.542 e. The van der Waals surface area contributed by atoms with Crippen molar-refractivity contribution in [2.45, 2.75) is 83.6 Å². The smallest absolute Gasteiger partial charge is 0.542 e. The average molecular weight is 387 g/mol. The number of carbonyl (C=O) groups excluding carboxylic acids is 1. The van der Waals surface area contributed by atoms with Crippen molar-refractivity contribution in [1.29, 1.82) is 0 Å². The maximum atomic E-state index is 10.4. The molecule has 4 N–H and O–H groups in total. The molecular formula is C21H34NNaO4. The number of carbonyl (C=O) groups is 1. The summed E-state index contributed by atoms with van der Waals surface area (Å²) in [6, 6.07) is 5.42. The Bertz CT molecular complexity index is 480. The maximum Gasteiger partial charge on any atom is 1.00 e. The van der Waals surface area contributed by atoms with E-state index in [2.05, 4.69) is 6.92 Å². The summed E-state index contributed by atoms with van der Waals surface area (Å²) < 4.78 is 0. The summed E-state index contributed by atoms with van der Waals surface area (Å²) in [7, 11) is 0. The number of hydrogen-bond acceptors (Lipinski definition) is 4. The number of nitrogens with two attached hydrogens (primary N) is 1. The molecule has 0 unspecified atom stereocenters. The van der Waals surface area contributed by atoms with E-state index < -0.39 is 12.0 Å². The number of phenols is 1. The van der Waals surface area contributed by atoms with Gasteiger partial charge in [0.2, 0.25) is 0 Å². The van der Waals surface area contributed by atoms with Gasteiger partial charge in [-0.25, -0.2) is 0 Å². The summed E-state index contributed by atoms with van der Waals surface area (Å²) in [6.07, 6.45) is 14.6. The molecule has 148 valence electrons. The Labute approximate surface area is 186 Å². The molecule has 0 bridgehead atoms. The van der Waals surface area contributed by atoms with Crippen LogP contribution in [0.15, 0.2) is 24.3 Å². The largest absolute Gasteiger partial charge is 1.00 e. The van der Waals surface area contributed by atoms with Gasteiger partial charge in [-0.05, 0) is 24.1 Å². The van der Waals surface area contributed by atoms with Gasteiger partial charge in [-0.3, -0.25) is 11.1 Å². The molecular weight excluding hydrogens is 353 g/mol. The second-order valence-corrected chi connectivity index (χ2v) is 6.54. The molecule has 1 atom stereocenters. The predicted octanol–water partition coefficient (Wildman–Crippen LogP) is 1.37. The van der Waals surface area contributed by atoms with E-state index in [-0.39, 0.29) is 41.7 Å². The summed E-state index contributed by atoms with van der Waals surface area (Å²) >= 11 is 0. The van der Waals surface area contributed by atoms with Gasteiger partial charge in [-0.1, -0.05) is 76.8 Å². The molecule has 27 heavy (non-hydrogen) atoms. The van der Waals surface area contributed by atoms with Gasteiger partial charge in [0.25, 0.3) is 0 Å². The Balaban J connectivity index is 0. The first-order chi connectivity index (χ1) is 12.5. The van der Waals surface area contributed by atoms with E-state index in [0.29, 0.717) is 6.42 Å². The van der Waals surface area contributed by atoms with Crippen LogP contribution in [0.3, 0.4) is 0 Å². The molecule has 1 aromatic rings. The van der Waals surface area contributed by atoms with Crippen molar-refractivity contribution in [2.75, 3.05) is 0 Å². The first-order valence-corrected chi connectivity index (χ1v) is 9.62. The first-order valence-electron chi connectivity index (χ1n) is 9.62. The molecule has 0 aliphatic carbocycles. The van der Waals surface area contributed by atoms with Crippen LogP contribution in [0.2, 0.25) is 0 Å². The molecule has 1 aromatic carbocycles. The van der Waals surface area contributed by atoms with Crippen molar-refractivity contribution >= 4 is 12.3 Å². The molecule has 0 aromatic heterocycles. The summed E-state index contributed by atoms with van der Waals surface area (Å²) in [5.74, 6) is -0.860. The third-order valence-corrected chi connectivity index (χ3v) is 4.09. The minimum atomic E-state index is -1.02. The third-order valence-electron chi connectivity index (χ3n) is 4.09. The molecule has 0 saturated heterocycles. The molecule has 5 nitrogen and oxygen atoms in total. The monoisotopic (exact) mass is 387 g/mol. The maximum absolute atomic E-state index is 10.4. The van der Waals surface area contributed by atoms with Gasteiger partial charge in [0.15, 0.2) is 0 Å². The van der Waals surface area contributed by atoms with Gasteiger partial charge in [0.1, 0.15) is 11.8 Å². The van der Waals surface area contributed by atoms with E-state index in [4.69, 9.17) is 15.9 Å². The summed E-state index contributed by atoms with van der Waals surface area (Å²) in [5.41, 5.74) is 6.12. The van der Waals surface area contributed by atoms with Gasteiger partial charge in [0, 0.05) is 0 Å². The third kappa shape index (κ3) is 18.3. The topological polar surface area (TPSA) is 101 Å². The van der Waals surface area contributed by atoms with Crippen LogP contribution < -0.4 is 35.3 Å². The molecule has 6 heteroatoms. The van der Waals surface area contributed by atoms with Crippen molar-refractivity contribution < 1.29 is 49.4 Å². The van der Waals surface area contributed by atoms with Crippen LogP contribution in [0, 0.1) is 0 Å². The van der Waals surface area contributed by atoms with E-state index in [1.807, 2.05) is 6.29 Å². The van der Waals surface area contributed by atoms with Crippen LogP contribution in [-0.2, 0) is 16.0 Å². The van der Waals surface area contributed by atoms with Crippen LogP contribution in [0.25, 0.3) is 0 Å². The van der Waals surface area contributed by atoms with Gasteiger partial charge >= 0.3 is 35.5 Å². The van der Waals surface area contributed by atoms with Crippen molar-refractivity contribution in [2.24, 2.45) is 5.73 Å². The number of aromatic hydroxyl groups is 1. The Kier molecular flexibility index (Phi) is 20.8. The normalized spacial score (nSPS) is 10.9. The fourth-order valence-electron chi connectivity index (χ4n) is 2.48. The standard InChI is InChI=1S/C12H23O.C9H11NO3.Na/c1-2-3-4-5-6-7-8-9-10-11-12-13;10-8(9(12)13)5-6-1-3-7(11)4-2-6;/h2-11H2,1H3;1-4,8,11H,5,10H2,(H,12,13);/q-1;;+1/t;8-;/m.0./s1. The first kappa shape index (κ1) is 28.3. The van der Waals surface area contributed by atoms with Crippen LogP contribution >= 0.6 is 0 Å². The zero-order chi connectivity index (χ0) is 19.6. The van der Waals surface area contributed by atoms with Gasteiger partial charge < -0.3 is 20.7 Å². The Hall–Kier alpha value is -0.880. The van der Waals surface area contributed by atoms with E-state index >= 15 is 0 Å². The summed E-state index contributed by atoms with van der Waals surface area (Å²) in [5, 5.41) is 17.5. The second kappa shape index (κ2) is 19.9. The van der Waals surface area contributed by atoms with Crippen LogP contribution in [0.4, 0.5) is 0 Å². The van der Waals surface area contributed by atoms with Crippen molar-refractivity contribution in [3.05, 3.63) is 29.8 Å². The van der Waals surface area contributed by atoms with Crippen molar-refractivity contribution in [3.8, 4) is 5.75 Å². The zero-order valence-corrected chi connectivity index (χ0v) is 19.0. The van der Waals surface area contributed by atoms with Gasteiger partial charge in [-0.15, -0.1) is 0 Å². The number of rotatable bonds is 13. The van der Waals surface area contributed by atoms with Gasteiger partial charge in [-0.2, -0.15) is 6.42 Å². The molecule has 0 heterocycles. The molecule has 0 spiro atoms. The summed E-state index contributed by atoms with van der Waals surface area (Å²) in [4.78, 5) is 20.3. The number of carboxylic acids is 1. The zero-order valence-electron chi connectivity index (χ0n) is 17.0. The summed E-state index contributed by atoms with van der Waals surface area (Å²) in [6.45, 7) is 2.25. The molecule has 0 aliphatic rings. The van der Waals surface area contributed by atoms with E-state index in [1.165, 1.54) is 63.5 Å². The molecule has 0 fully saturated rings. The number of benzene rings is 1. The number of hydrogen-bond donors (Lipinski definition) is 3. The molecule has 0 radical (unpaired) electrons. The van der Waals surface area contributed by atoms with Gasteiger partial charge in [0.05, 0.1) is 0 Å². The number of aliphatic carboxylic acids is 1. The molecule has 0 amide bonds. The van der Waals surface area contributed by atoms with Crippen LogP contribution in [0.5, 0.6) is 5.75 Å². The Morgan fingerprint density at radius 3 is 1.93 bits per heavy atom. The molecule has 1 rings (SSSR count). The van der Waals surface area contributed by atoms with Crippen molar-refractivity contribution in [1.82, 2.24) is 0 Å². The minimum absolute atomic E-state index is 0. The quantitative estimate of drug-likeness (QED) is 0.270. The molecule has 0 aliphatic heterocycles. The fourth-order valence-corrected chi connectivity index (χ4v) is 2.48. The van der Waals surface area contributed by atoms with E-state index in [9.17, 15) is 9.59 Å². The second-order valence-electron chi connectivity index (χ2n) is 6.54. The number of phenolic OH excluding ortho intramolecular Hbond substituents is 1. The van der Waals surface area contributed by atoms with Crippen LogP contribution in [0.1, 0.15) is 76.7 Å². The Morgan fingerprint density at radius 2 is 1.48 bits per heavy atom. The average Bonchev–Trinajstić information content (AvgIpc) is 2.63. The van der Waals surface area contributed by atoms with Crippen LogP contribution in [-0.4, -0.2) is 28.5 Å². The number of unbranched alkanes of at least 4 members (excludes halogenated alkanes) is 9. The van der Waals surface area contributed by atoms with Crippen molar-refractivity contribution in [3.63, 3.8) is 0 Å². The SMILES string of the molecule is CCCCCCCCCCC[C-]=O.N[C@@H](Cc1ccc(O)cc1)C(=O)O.[Na+]. The number of carboxylic acid groups (broad SMARTS) is 1. The van der Waals surface area contributed by atoms with E-state index in [1.54, 1.807) is 12.1 Å².